The van der Waals surface area contributed by atoms with Crippen molar-refractivity contribution in [2.24, 2.45) is 0 Å². The third-order valence-corrected chi connectivity index (χ3v) is 4.17. The molecule has 1 atom stereocenters. The Morgan fingerprint density at radius 3 is 2.86 bits per heavy atom. The van der Waals surface area contributed by atoms with Gasteiger partial charge in [0.25, 0.3) is 0 Å². The summed E-state index contributed by atoms with van der Waals surface area (Å²) in [5.41, 5.74) is 0.678. The highest BCUT2D eigenvalue weighted by Crippen LogP contribution is 2.30. The molecule has 1 aromatic heterocycles. The van der Waals surface area contributed by atoms with Gasteiger partial charge >= 0.3 is 5.97 Å². The molecule has 0 fully saturated rings. The summed E-state index contributed by atoms with van der Waals surface area (Å²) >= 11 is 11.9. The van der Waals surface area contributed by atoms with E-state index in [9.17, 15) is 9.90 Å². The van der Waals surface area contributed by atoms with Gasteiger partial charge in [-0.25, -0.2) is 9.78 Å². The van der Waals surface area contributed by atoms with Crippen molar-refractivity contribution in [3.8, 4) is 5.69 Å². The fraction of sp³-hybridized carbons (Fsp3) is 0.286. The molecule has 1 aliphatic rings. The van der Waals surface area contributed by atoms with E-state index in [2.05, 4.69) is 4.98 Å². The number of imidazole rings is 1. The number of benzene rings is 1. The first-order chi connectivity index (χ1) is 9.93. The third kappa shape index (κ3) is 2.41. The van der Waals surface area contributed by atoms with E-state index in [1.54, 1.807) is 29.7 Å². The molecule has 1 aromatic carbocycles. The Labute approximate surface area is 131 Å². The van der Waals surface area contributed by atoms with Crippen LogP contribution in [0.1, 0.15) is 23.1 Å². The van der Waals surface area contributed by atoms with Crippen molar-refractivity contribution < 1.29 is 14.6 Å². The lowest BCUT2D eigenvalue weighted by Gasteiger charge is -2.31. The fourth-order valence-corrected chi connectivity index (χ4v) is 2.60. The smallest absolute Gasteiger partial charge is 0.357 e. The maximum absolute atomic E-state index is 12.2. The van der Waals surface area contributed by atoms with Crippen LogP contribution in [-0.2, 0) is 11.2 Å². The molecular formula is C14H12Cl2N2O3. The maximum atomic E-state index is 12.2. The van der Waals surface area contributed by atoms with Crippen LogP contribution in [0.4, 0.5) is 0 Å². The Bertz CT molecular complexity index is 729. The lowest BCUT2D eigenvalue weighted by atomic mass is 9.97. The average molecular weight is 327 g/mol. The molecule has 21 heavy (non-hydrogen) atoms. The molecule has 7 heteroatoms. The molecule has 0 bridgehead atoms. The molecule has 0 spiro atoms. The van der Waals surface area contributed by atoms with Gasteiger partial charge in [-0.2, -0.15) is 0 Å². The molecule has 0 saturated heterocycles. The first-order valence-electron chi connectivity index (χ1n) is 6.29. The summed E-state index contributed by atoms with van der Waals surface area (Å²) in [6.45, 7) is 1.42. The zero-order valence-electron chi connectivity index (χ0n) is 11.1. The van der Waals surface area contributed by atoms with Crippen LogP contribution in [0.15, 0.2) is 24.5 Å². The summed E-state index contributed by atoms with van der Waals surface area (Å²) in [5.74, 6) is -0.517. The number of hydrogen-bond acceptors (Lipinski definition) is 4. The van der Waals surface area contributed by atoms with E-state index in [-0.39, 0.29) is 6.61 Å². The first-order valence-corrected chi connectivity index (χ1v) is 7.05. The summed E-state index contributed by atoms with van der Waals surface area (Å²) in [4.78, 5) is 16.5. The van der Waals surface area contributed by atoms with Crippen LogP contribution in [0.5, 0.6) is 0 Å². The number of halogens is 2. The van der Waals surface area contributed by atoms with Crippen LogP contribution < -0.4 is 0 Å². The van der Waals surface area contributed by atoms with Crippen LogP contribution in [-0.4, -0.2) is 32.8 Å². The second kappa shape index (κ2) is 5.02. The molecule has 0 radical (unpaired) electrons. The Morgan fingerprint density at radius 1 is 1.43 bits per heavy atom. The number of carbonyl (C=O) groups excluding carboxylic acids is 1. The molecule has 0 aliphatic carbocycles. The molecule has 0 saturated carbocycles. The van der Waals surface area contributed by atoms with E-state index in [0.29, 0.717) is 33.5 Å². The van der Waals surface area contributed by atoms with Crippen molar-refractivity contribution in [3.63, 3.8) is 0 Å². The molecular weight excluding hydrogens is 315 g/mol. The van der Waals surface area contributed by atoms with E-state index in [1.165, 1.54) is 6.33 Å². The zero-order chi connectivity index (χ0) is 15.2. The number of carbonyl (C=O) groups is 1. The Kier molecular flexibility index (Phi) is 3.43. The van der Waals surface area contributed by atoms with Gasteiger partial charge in [0.05, 0.1) is 22.3 Å². The van der Waals surface area contributed by atoms with Crippen molar-refractivity contribution in [1.82, 2.24) is 9.55 Å². The van der Waals surface area contributed by atoms with E-state index in [1.807, 2.05) is 0 Å². The number of nitrogens with zero attached hydrogens (tertiary/aromatic N) is 2. The highest BCUT2D eigenvalue weighted by molar-refractivity contribution is 6.42. The molecule has 1 N–H and O–H groups in total. The van der Waals surface area contributed by atoms with Crippen molar-refractivity contribution >= 4 is 29.2 Å². The number of rotatable bonds is 2. The SMILES string of the molecule is CC1(CO)Cc2ncn(-c3ccc(Cl)c(Cl)c3)c2C(=O)O1. The predicted molar refractivity (Wildman–Crippen MR) is 78.2 cm³/mol. The number of aliphatic hydroxyl groups excluding tert-OH is 1. The summed E-state index contributed by atoms with van der Waals surface area (Å²) in [6, 6.07) is 5.04. The summed E-state index contributed by atoms with van der Waals surface area (Å²) < 4.78 is 6.92. The van der Waals surface area contributed by atoms with E-state index >= 15 is 0 Å². The molecule has 110 valence electrons. The van der Waals surface area contributed by atoms with Crippen molar-refractivity contribution in [2.45, 2.75) is 18.9 Å². The zero-order valence-corrected chi connectivity index (χ0v) is 12.6. The molecule has 1 aliphatic heterocycles. The molecule has 2 heterocycles. The van der Waals surface area contributed by atoms with Gasteiger partial charge in [0.15, 0.2) is 5.69 Å². The minimum Gasteiger partial charge on any atom is -0.452 e. The van der Waals surface area contributed by atoms with Gasteiger partial charge in [-0.05, 0) is 25.1 Å². The molecule has 0 amide bonds. The highest BCUT2D eigenvalue weighted by Gasteiger charge is 2.39. The summed E-state index contributed by atoms with van der Waals surface area (Å²) in [6.07, 6.45) is 1.90. The number of ether oxygens (including phenoxy) is 1. The van der Waals surface area contributed by atoms with Crippen LogP contribution in [0.2, 0.25) is 10.0 Å². The van der Waals surface area contributed by atoms with Crippen LogP contribution in [0.25, 0.3) is 5.69 Å². The summed E-state index contributed by atoms with van der Waals surface area (Å²) in [7, 11) is 0. The minimum absolute atomic E-state index is 0.252. The fourth-order valence-electron chi connectivity index (χ4n) is 2.31. The number of hydrogen-bond donors (Lipinski definition) is 1. The Hall–Kier alpha value is -1.56. The number of aliphatic hydroxyl groups is 1. The quantitative estimate of drug-likeness (QED) is 0.862. The van der Waals surface area contributed by atoms with E-state index < -0.39 is 11.6 Å². The Balaban J connectivity index is 2.08. The predicted octanol–water partition coefficient (Wildman–Crippen LogP) is 2.64. The third-order valence-electron chi connectivity index (χ3n) is 3.43. The van der Waals surface area contributed by atoms with E-state index in [0.717, 1.165) is 0 Å². The first kappa shape index (κ1) is 14.4. The minimum atomic E-state index is -0.930. The van der Waals surface area contributed by atoms with Gasteiger partial charge < -0.3 is 9.84 Å². The van der Waals surface area contributed by atoms with Gasteiger partial charge in [-0.1, -0.05) is 23.2 Å². The van der Waals surface area contributed by atoms with Gasteiger partial charge in [0, 0.05) is 12.1 Å². The van der Waals surface area contributed by atoms with E-state index in [4.69, 9.17) is 27.9 Å². The standard InChI is InChI=1S/C14H12Cl2N2O3/c1-14(6-19)5-11-12(13(20)21-14)18(7-17-11)8-2-3-9(15)10(16)4-8/h2-4,7,19H,5-6H2,1H3. The van der Waals surface area contributed by atoms with Crippen molar-refractivity contribution in [2.75, 3.05) is 6.61 Å². The van der Waals surface area contributed by atoms with Crippen LogP contribution >= 0.6 is 23.2 Å². The maximum Gasteiger partial charge on any atom is 0.357 e. The van der Waals surface area contributed by atoms with Gasteiger partial charge in [0.1, 0.15) is 11.9 Å². The number of esters is 1. The van der Waals surface area contributed by atoms with Crippen molar-refractivity contribution in [3.05, 3.63) is 46.0 Å². The lowest BCUT2D eigenvalue weighted by molar-refractivity contribution is -0.0434. The number of aromatic nitrogens is 2. The normalized spacial score (nSPS) is 21.0. The molecule has 5 nitrogen and oxygen atoms in total. The van der Waals surface area contributed by atoms with Crippen LogP contribution in [0.3, 0.4) is 0 Å². The highest BCUT2D eigenvalue weighted by atomic mass is 35.5. The second-order valence-corrected chi connectivity index (χ2v) is 6.00. The number of cyclic esters (lactones) is 1. The second-order valence-electron chi connectivity index (χ2n) is 5.18. The van der Waals surface area contributed by atoms with Gasteiger partial charge in [-0.15, -0.1) is 0 Å². The topological polar surface area (TPSA) is 64.4 Å². The number of fused-ring (bicyclic) bond motifs is 1. The summed E-state index contributed by atoms with van der Waals surface area (Å²) in [5, 5.41) is 10.2. The molecule has 2 aromatic rings. The van der Waals surface area contributed by atoms with Crippen LogP contribution in [0, 0.1) is 0 Å². The largest absolute Gasteiger partial charge is 0.452 e. The molecule has 1 unspecified atom stereocenters. The van der Waals surface area contributed by atoms with Gasteiger partial charge in [0.2, 0.25) is 0 Å². The average Bonchev–Trinajstić information content (AvgIpc) is 2.85. The van der Waals surface area contributed by atoms with Gasteiger partial charge in [-0.3, -0.25) is 4.57 Å². The lowest BCUT2D eigenvalue weighted by Crippen LogP contribution is -2.42. The van der Waals surface area contributed by atoms with Crippen molar-refractivity contribution in [1.29, 1.82) is 0 Å². The monoisotopic (exact) mass is 326 g/mol. The molecule has 3 rings (SSSR count). The Morgan fingerprint density at radius 2 is 2.19 bits per heavy atom.